The van der Waals surface area contributed by atoms with Crippen LogP contribution in [0.1, 0.15) is 21.7 Å². The van der Waals surface area contributed by atoms with Gasteiger partial charge >= 0.3 is 0 Å². The molecule has 0 spiro atoms. The molecule has 2 aromatic heterocycles. The number of aromatic nitrogens is 1. The van der Waals surface area contributed by atoms with E-state index in [9.17, 15) is 4.79 Å². The fourth-order valence-electron chi connectivity index (χ4n) is 3.59. The summed E-state index contributed by atoms with van der Waals surface area (Å²) >= 11 is 11.7. The minimum Gasteiger partial charge on any atom is -0.451 e. The molecule has 5 rings (SSSR count). The lowest BCUT2D eigenvalue weighted by Gasteiger charge is -2.10. The zero-order valence-electron chi connectivity index (χ0n) is 18.9. The Labute approximate surface area is 211 Å². The van der Waals surface area contributed by atoms with E-state index >= 15 is 0 Å². The number of nitrogens with zero attached hydrogens (tertiary/aromatic N) is 1. The number of rotatable bonds is 4. The van der Waals surface area contributed by atoms with Crippen molar-refractivity contribution in [2.24, 2.45) is 0 Å². The quantitative estimate of drug-likeness (QED) is 0.254. The number of aryl methyl sites for hydroxylation is 2. The maximum Gasteiger partial charge on any atom is 0.293 e. The first-order valence-electron chi connectivity index (χ1n) is 10.8. The van der Waals surface area contributed by atoms with Gasteiger partial charge in [-0.05, 0) is 85.7 Å². The molecule has 0 unspecified atom stereocenters. The Hall–Kier alpha value is -3.94. The fourth-order valence-corrected chi connectivity index (χ4v) is 4.00. The molecule has 0 saturated heterocycles. The molecule has 6 nitrogen and oxygen atoms in total. The summed E-state index contributed by atoms with van der Waals surface area (Å²) in [5.74, 6) is 0.707. The van der Waals surface area contributed by atoms with Gasteiger partial charge in [0.15, 0.2) is 16.5 Å². The molecular weight excluding hydrogens is 482 g/mol. The van der Waals surface area contributed by atoms with Gasteiger partial charge < -0.3 is 14.2 Å². The van der Waals surface area contributed by atoms with Gasteiger partial charge in [-0.15, -0.1) is 0 Å². The third-order valence-electron chi connectivity index (χ3n) is 5.60. The highest BCUT2D eigenvalue weighted by molar-refractivity contribution is 7.80. The summed E-state index contributed by atoms with van der Waals surface area (Å²) in [5.41, 5.74) is 5.86. The van der Waals surface area contributed by atoms with Gasteiger partial charge in [0.2, 0.25) is 5.89 Å². The van der Waals surface area contributed by atoms with Gasteiger partial charge in [-0.25, -0.2) is 4.98 Å². The number of nitrogens with one attached hydrogen (secondary N) is 2. The first-order chi connectivity index (χ1) is 16.9. The van der Waals surface area contributed by atoms with Crippen LogP contribution < -0.4 is 10.6 Å². The molecule has 1 amide bonds. The van der Waals surface area contributed by atoms with E-state index in [1.54, 1.807) is 30.3 Å². The van der Waals surface area contributed by atoms with Gasteiger partial charge in [0, 0.05) is 11.3 Å². The largest absolute Gasteiger partial charge is 0.451 e. The zero-order chi connectivity index (χ0) is 24.5. The van der Waals surface area contributed by atoms with Crippen molar-refractivity contribution in [3.63, 3.8) is 0 Å². The standard InChI is InChI=1S/C27H20ClN3O3S/c1-15-7-8-17(13-16(15)2)22-11-12-24(33-22)25(32)31-27(35)29-18-9-10-20(28)19(14-18)26-30-21-5-3-4-6-23(21)34-26/h3-14H,1-2H3,(H2,29,31,32,35). The minimum atomic E-state index is -0.453. The molecule has 2 heterocycles. The van der Waals surface area contributed by atoms with Gasteiger partial charge in [-0.1, -0.05) is 35.9 Å². The second-order valence-electron chi connectivity index (χ2n) is 8.05. The van der Waals surface area contributed by atoms with Gasteiger partial charge in [-0.3, -0.25) is 10.1 Å². The zero-order valence-corrected chi connectivity index (χ0v) is 20.5. The molecular formula is C27H20ClN3O3S. The molecule has 5 aromatic rings. The van der Waals surface area contributed by atoms with E-state index in [2.05, 4.69) is 15.6 Å². The number of carbonyl (C=O) groups is 1. The van der Waals surface area contributed by atoms with Crippen LogP contribution >= 0.6 is 23.8 Å². The molecule has 0 bridgehead atoms. The van der Waals surface area contributed by atoms with Crippen molar-refractivity contribution in [2.45, 2.75) is 13.8 Å². The Balaban J connectivity index is 1.29. The molecule has 174 valence electrons. The number of anilines is 1. The third-order valence-corrected chi connectivity index (χ3v) is 6.13. The molecule has 0 aliphatic carbocycles. The third kappa shape index (κ3) is 4.82. The van der Waals surface area contributed by atoms with Crippen LogP contribution in [0.2, 0.25) is 5.02 Å². The number of oxazole rings is 1. The number of fused-ring (bicyclic) bond motifs is 1. The van der Waals surface area contributed by atoms with E-state index in [4.69, 9.17) is 32.7 Å². The number of carbonyl (C=O) groups excluding carboxylic acids is 1. The first kappa shape index (κ1) is 22.8. The van der Waals surface area contributed by atoms with E-state index in [1.165, 1.54) is 5.56 Å². The molecule has 0 radical (unpaired) electrons. The number of furan rings is 1. The number of hydrogen-bond acceptors (Lipinski definition) is 5. The normalized spacial score (nSPS) is 10.9. The van der Waals surface area contributed by atoms with Crippen LogP contribution in [0.25, 0.3) is 33.9 Å². The molecule has 3 aromatic carbocycles. The topological polar surface area (TPSA) is 80.3 Å². The second kappa shape index (κ2) is 9.37. The number of hydrogen-bond donors (Lipinski definition) is 2. The van der Waals surface area contributed by atoms with E-state index in [0.717, 1.165) is 16.6 Å². The van der Waals surface area contributed by atoms with Crippen LogP contribution in [0.4, 0.5) is 5.69 Å². The summed E-state index contributed by atoms with van der Waals surface area (Å²) in [4.78, 5) is 17.2. The molecule has 0 saturated carbocycles. The van der Waals surface area contributed by atoms with Crippen molar-refractivity contribution in [1.29, 1.82) is 0 Å². The predicted molar refractivity (Wildman–Crippen MR) is 142 cm³/mol. The summed E-state index contributed by atoms with van der Waals surface area (Å²) in [5, 5.41) is 6.23. The molecule has 0 atom stereocenters. The summed E-state index contributed by atoms with van der Waals surface area (Å²) in [7, 11) is 0. The van der Waals surface area contributed by atoms with Crippen LogP contribution in [-0.2, 0) is 0 Å². The SMILES string of the molecule is Cc1ccc(-c2ccc(C(=O)NC(=S)Nc3ccc(Cl)c(-c4nc5ccccc5o4)c3)o2)cc1C. The van der Waals surface area contributed by atoms with E-state index < -0.39 is 5.91 Å². The van der Waals surface area contributed by atoms with Crippen molar-refractivity contribution in [3.05, 3.63) is 94.7 Å². The highest BCUT2D eigenvalue weighted by Gasteiger charge is 2.16. The Kier molecular flexibility index (Phi) is 6.11. The molecule has 0 aliphatic rings. The van der Waals surface area contributed by atoms with Gasteiger partial charge in [0.25, 0.3) is 5.91 Å². The molecule has 0 fully saturated rings. The van der Waals surface area contributed by atoms with Crippen molar-refractivity contribution in [1.82, 2.24) is 10.3 Å². The Morgan fingerprint density at radius 1 is 0.943 bits per heavy atom. The lowest BCUT2D eigenvalue weighted by Crippen LogP contribution is -2.33. The van der Waals surface area contributed by atoms with Gasteiger partial charge in [0.1, 0.15) is 11.3 Å². The summed E-state index contributed by atoms with van der Waals surface area (Å²) in [6.45, 7) is 4.08. The fraction of sp³-hybridized carbons (Fsp3) is 0.0741. The van der Waals surface area contributed by atoms with Crippen LogP contribution in [0.3, 0.4) is 0 Å². The first-order valence-corrected chi connectivity index (χ1v) is 11.6. The monoisotopic (exact) mass is 501 g/mol. The number of halogens is 1. The van der Waals surface area contributed by atoms with Crippen LogP contribution in [-0.4, -0.2) is 16.0 Å². The number of para-hydroxylation sites is 2. The Morgan fingerprint density at radius 2 is 1.77 bits per heavy atom. The highest BCUT2D eigenvalue weighted by atomic mass is 35.5. The average Bonchev–Trinajstić information content (AvgIpc) is 3.49. The van der Waals surface area contributed by atoms with Crippen LogP contribution in [0.15, 0.2) is 81.6 Å². The summed E-state index contributed by atoms with van der Waals surface area (Å²) in [6.07, 6.45) is 0. The molecule has 35 heavy (non-hydrogen) atoms. The average molecular weight is 502 g/mol. The maximum absolute atomic E-state index is 12.7. The summed E-state index contributed by atoms with van der Waals surface area (Å²) < 4.78 is 11.6. The lowest BCUT2D eigenvalue weighted by atomic mass is 10.1. The molecule has 2 N–H and O–H groups in total. The van der Waals surface area contributed by atoms with Gasteiger partial charge in [-0.2, -0.15) is 0 Å². The van der Waals surface area contributed by atoms with Crippen LogP contribution in [0, 0.1) is 13.8 Å². The minimum absolute atomic E-state index is 0.116. The van der Waals surface area contributed by atoms with Crippen molar-refractivity contribution >= 4 is 51.6 Å². The van der Waals surface area contributed by atoms with Crippen molar-refractivity contribution in [3.8, 4) is 22.8 Å². The number of benzene rings is 3. The van der Waals surface area contributed by atoms with Crippen molar-refractivity contribution < 1.29 is 13.6 Å². The van der Waals surface area contributed by atoms with E-state index in [-0.39, 0.29) is 10.9 Å². The smallest absolute Gasteiger partial charge is 0.293 e. The molecule has 8 heteroatoms. The van der Waals surface area contributed by atoms with E-state index in [1.807, 2.05) is 56.3 Å². The number of thiocarbonyl (C=S) groups is 1. The van der Waals surface area contributed by atoms with Crippen LogP contribution in [0.5, 0.6) is 0 Å². The lowest BCUT2D eigenvalue weighted by molar-refractivity contribution is 0.0951. The maximum atomic E-state index is 12.7. The van der Waals surface area contributed by atoms with Crippen molar-refractivity contribution in [2.75, 3.05) is 5.32 Å². The van der Waals surface area contributed by atoms with Gasteiger partial charge in [0.05, 0.1) is 10.6 Å². The number of amides is 1. The second-order valence-corrected chi connectivity index (χ2v) is 8.87. The molecule has 0 aliphatic heterocycles. The Bertz CT molecular complexity index is 1550. The summed E-state index contributed by atoms with van der Waals surface area (Å²) in [6, 6.07) is 22.1. The Morgan fingerprint density at radius 3 is 2.57 bits per heavy atom. The predicted octanol–water partition coefficient (Wildman–Crippen LogP) is 7.15. The highest BCUT2D eigenvalue weighted by Crippen LogP contribution is 2.32. The van der Waals surface area contributed by atoms with E-state index in [0.29, 0.717) is 33.5 Å².